The lowest BCUT2D eigenvalue weighted by Gasteiger charge is -2.33. The number of nitrogens with one attached hydrogen (secondary N) is 1. The van der Waals surface area contributed by atoms with Crippen molar-refractivity contribution in [1.82, 2.24) is 25.1 Å². The lowest BCUT2D eigenvalue weighted by atomic mass is 9.97. The topological polar surface area (TPSA) is 75.9 Å². The van der Waals surface area contributed by atoms with Crippen LogP contribution in [-0.2, 0) is 17.8 Å². The zero-order valence-electron chi connectivity index (χ0n) is 19.7. The lowest BCUT2D eigenvalue weighted by molar-refractivity contribution is -0.125. The highest BCUT2D eigenvalue weighted by molar-refractivity contribution is 5.87. The fraction of sp³-hybridized carbons (Fsp3) is 0.333. The van der Waals surface area contributed by atoms with Crippen LogP contribution in [0.15, 0.2) is 61.1 Å². The molecule has 0 radical (unpaired) electrons. The number of carbonyl (C=O) groups is 1. The zero-order chi connectivity index (χ0) is 23.5. The molecule has 7 nitrogen and oxygen atoms in total. The molecule has 2 aromatic heterocycles. The molecule has 2 aromatic carbocycles. The second-order valence-electron chi connectivity index (χ2n) is 9.02. The van der Waals surface area contributed by atoms with Gasteiger partial charge >= 0.3 is 0 Å². The number of fused-ring (bicyclic) bond motifs is 1. The summed E-state index contributed by atoms with van der Waals surface area (Å²) in [6.07, 6.45) is 6.40. The van der Waals surface area contributed by atoms with Crippen LogP contribution in [0.3, 0.4) is 0 Å². The number of hydrogen-bond donors (Lipinski definition) is 1. The molecule has 7 heteroatoms. The van der Waals surface area contributed by atoms with Gasteiger partial charge in [-0.3, -0.25) is 4.79 Å². The van der Waals surface area contributed by atoms with E-state index in [0.717, 1.165) is 48.3 Å². The van der Waals surface area contributed by atoms with Crippen molar-refractivity contribution < 1.29 is 4.79 Å². The van der Waals surface area contributed by atoms with Crippen molar-refractivity contribution in [3.8, 4) is 5.69 Å². The molecule has 1 aliphatic heterocycles. The minimum absolute atomic E-state index is 0.0687. The number of amides is 1. The molecule has 1 saturated heterocycles. The summed E-state index contributed by atoms with van der Waals surface area (Å²) in [5.41, 5.74) is 5.28. The normalized spacial score (nSPS) is 16.1. The summed E-state index contributed by atoms with van der Waals surface area (Å²) in [5.74, 6) is 0.877. The van der Waals surface area contributed by atoms with Gasteiger partial charge in [-0.2, -0.15) is 0 Å². The Morgan fingerprint density at radius 3 is 2.59 bits per heavy atom. The van der Waals surface area contributed by atoms with Gasteiger partial charge in [-0.1, -0.05) is 48.9 Å². The number of benzene rings is 2. The summed E-state index contributed by atoms with van der Waals surface area (Å²) in [6.45, 7) is 6.27. The molecule has 1 fully saturated rings. The minimum atomic E-state index is -0.0687. The van der Waals surface area contributed by atoms with Gasteiger partial charge < -0.3 is 10.2 Å². The van der Waals surface area contributed by atoms with Gasteiger partial charge in [0.25, 0.3) is 0 Å². The molecule has 3 heterocycles. The number of aromatic nitrogens is 4. The summed E-state index contributed by atoms with van der Waals surface area (Å²) < 4.78 is 1.85. The largest absolute Gasteiger partial charge is 0.355 e. The van der Waals surface area contributed by atoms with Crippen molar-refractivity contribution in [1.29, 1.82) is 0 Å². The van der Waals surface area contributed by atoms with Gasteiger partial charge in [-0.05, 0) is 49.4 Å². The highest BCUT2D eigenvalue weighted by Crippen LogP contribution is 2.28. The van der Waals surface area contributed by atoms with Gasteiger partial charge in [-0.15, -0.1) is 5.10 Å². The van der Waals surface area contributed by atoms with Crippen LogP contribution in [-0.4, -0.2) is 38.7 Å². The molecule has 34 heavy (non-hydrogen) atoms. The molecule has 5 rings (SSSR count). The Bertz CT molecular complexity index is 1280. The molecule has 1 N–H and O–H groups in total. The van der Waals surface area contributed by atoms with Crippen molar-refractivity contribution in [2.45, 2.75) is 39.7 Å². The molecule has 174 valence electrons. The van der Waals surface area contributed by atoms with Crippen molar-refractivity contribution >= 4 is 22.8 Å². The molecular weight excluding hydrogens is 424 g/mol. The van der Waals surface area contributed by atoms with E-state index in [1.165, 1.54) is 11.1 Å². The molecule has 0 spiro atoms. The van der Waals surface area contributed by atoms with Crippen LogP contribution in [0.2, 0.25) is 0 Å². The summed E-state index contributed by atoms with van der Waals surface area (Å²) >= 11 is 0. The third kappa shape index (κ3) is 4.64. The van der Waals surface area contributed by atoms with Crippen LogP contribution in [0, 0.1) is 12.8 Å². The van der Waals surface area contributed by atoms with Gasteiger partial charge in [0, 0.05) is 25.8 Å². The Balaban J connectivity index is 1.30. The molecular formula is C27H30N6O. The van der Waals surface area contributed by atoms with E-state index in [1.54, 1.807) is 6.33 Å². The molecule has 1 aliphatic rings. The Morgan fingerprint density at radius 2 is 1.82 bits per heavy atom. The molecule has 1 atom stereocenters. The van der Waals surface area contributed by atoms with Crippen LogP contribution in [0.4, 0.5) is 5.82 Å². The first-order valence-electron chi connectivity index (χ1n) is 12.0. The number of anilines is 1. The van der Waals surface area contributed by atoms with Crippen LogP contribution in [0.5, 0.6) is 0 Å². The SMILES string of the molecule is CCc1ccc(CNC(=O)[C@H]2CCCN(c3ncnc4nn(-c5ccc(C)cc5)cc34)C2)cc1. The Morgan fingerprint density at radius 1 is 1.06 bits per heavy atom. The van der Waals surface area contributed by atoms with Gasteiger partial charge in [0.2, 0.25) is 5.91 Å². The second kappa shape index (κ2) is 9.63. The van der Waals surface area contributed by atoms with E-state index < -0.39 is 0 Å². The molecule has 0 bridgehead atoms. The second-order valence-corrected chi connectivity index (χ2v) is 9.02. The van der Waals surface area contributed by atoms with Crippen molar-refractivity contribution in [2.24, 2.45) is 5.92 Å². The number of rotatable bonds is 6. The van der Waals surface area contributed by atoms with Crippen molar-refractivity contribution in [3.05, 3.63) is 77.7 Å². The molecule has 0 unspecified atom stereocenters. The fourth-order valence-corrected chi connectivity index (χ4v) is 4.52. The van der Waals surface area contributed by atoms with E-state index in [9.17, 15) is 4.79 Å². The van der Waals surface area contributed by atoms with E-state index in [4.69, 9.17) is 0 Å². The number of hydrogen-bond acceptors (Lipinski definition) is 5. The molecule has 0 aliphatic carbocycles. The van der Waals surface area contributed by atoms with Gasteiger partial charge in [-0.25, -0.2) is 14.6 Å². The first kappa shape index (κ1) is 22.1. The average molecular weight is 455 g/mol. The maximum absolute atomic E-state index is 13.0. The monoisotopic (exact) mass is 454 g/mol. The Hall–Kier alpha value is -3.74. The first-order chi connectivity index (χ1) is 16.6. The highest BCUT2D eigenvalue weighted by Gasteiger charge is 2.28. The number of piperidine rings is 1. The van der Waals surface area contributed by atoms with Crippen LogP contribution < -0.4 is 10.2 Å². The highest BCUT2D eigenvalue weighted by atomic mass is 16.1. The Kier molecular flexibility index (Phi) is 6.25. The van der Waals surface area contributed by atoms with Gasteiger partial charge in [0.05, 0.1) is 17.0 Å². The number of nitrogens with zero attached hydrogens (tertiary/aromatic N) is 5. The van der Waals surface area contributed by atoms with Gasteiger partial charge in [0.15, 0.2) is 5.65 Å². The van der Waals surface area contributed by atoms with Crippen molar-refractivity contribution in [3.63, 3.8) is 0 Å². The van der Waals surface area contributed by atoms with Crippen LogP contribution in [0.1, 0.15) is 36.5 Å². The quantitative estimate of drug-likeness (QED) is 0.472. The number of aryl methyl sites for hydroxylation is 2. The summed E-state index contributed by atoms with van der Waals surface area (Å²) in [7, 11) is 0. The van der Waals surface area contributed by atoms with E-state index >= 15 is 0 Å². The predicted octanol–water partition coefficient (Wildman–Crippen LogP) is 4.22. The summed E-state index contributed by atoms with van der Waals surface area (Å²) in [4.78, 5) is 24.1. The van der Waals surface area contributed by atoms with Crippen LogP contribution >= 0.6 is 0 Å². The van der Waals surface area contributed by atoms with E-state index in [-0.39, 0.29) is 11.8 Å². The summed E-state index contributed by atoms with van der Waals surface area (Å²) in [5, 5.41) is 8.69. The zero-order valence-corrected chi connectivity index (χ0v) is 19.7. The predicted molar refractivity (Wildman–Crippen MR) is 134 cm³/mol. The molecule has 1 amide bonds. The van der Waals surface area contributed by atoms with Crippen molar-refractivity contribution in [2.75, 3.05) is 18.0 Å². The standard InChI is InChI=1S/C27H30N6O/c1-3-20-8-10-21(11-9-20)15-28-27(34)22-5-4-14-32(16-22)26-24-17-33(31-25(24)29-18-30-26)23-12-6-19(2)7-13-23/h6-13,17-18,22H,3-5,14-16H2,1-2H3,(H,28,34)/t22-/m0/s1. The van der Waals surface area contributed by atoms with E-state index in [2.05, 4.69) is 75.5 Å². The third-order valence-electron chi connectivity index (χ3n) is 6.58. The summed E-state index contributed by atoms with van der Waals surface area (Å²) in [6, 6.07) is 16.7. The average Bonchev–Trinajstić information content (AvgIpc) is 3.32. The Labute approximate surface area is 199 Å². The third-order valence-corrected chi connectivity index (χ3v) is 6.58. The number of carbonyl (C=O) groups excluding carboxylic acids is 1. The molecule has 4 aromatic rings. The van der Waals surface area contributed by atoms with Crippen LogP contribution in [0.25, 0.3) is 16.7 Å². The smallest absolute Gasteiger partial charge is 0.225 e. The molecule has 0 saturated carbocycles. The maximum Gasteiger partial charge on any atom is 0.225 e. The fourth-order valence-electron chi connectivity index (χ4n) is 4.52. The van der Waals surface area contributed by atoms with E-state index in [0.29, 0.717) is 18.7 Å². The lowest BCUT2D eigenvalue weighted by Crippen LogP contribution is -2.43. The minimum Gasteiger partial charge on any atom is -0.355 e. The van der Waals surface area contributed by atoms with E-state index in [1.807, 2.05) is 23.0 Å². The maximum atomic E-state index is 13.0. The van der Waals surface area contributed by atoms with Gasteiger partial charge in [0.1, 0.15) is 12.1 Å². The first-order valence-corrected chi connectivity index (χ1v) is 12.0.